The van der Waals surface area contributed by atoms with Crippen molar-refractivity contribution in [2.45, 2.75) is 97.4 Å². The van der Waals surface area contributed by atoms with Gasteiger partial charge in [-0.3, -0.25) is 9.59 Å². The van der Waals surface area contributed by atoms with Crippen LogP contribution in [0, 0.1) is 41.4 Å². The van der Waals surface area contributed by atoms with Gasteiger partial charge in [-0.2, -0.15) is 11.9 Å². The van der Waals surface area contributed by atoms with Crippen molar-refractivity contribution in [1.29, 1.82) is 0 Å². The van der Waals surface area contributed by atoms with Crippen molar-refractivity contribution < 1.29 is 39.1 Å². The van der Waals surface area contributed by atoms with Crippen LogP contribution in [0.15, 0.2) is 48.8 Å². The molecule has 11 heteroatoms. The van der Waals surface area contributed by atoms with Gasteiger partial charge in [0.05, 0.1) is 13.2 Å². The number of nitrogens with zero attached hydrogens (tertiary/aromatic N) is 2. The Bertz CT molecular complexity index is 1630. The zero-order valence-corrected chi connectivity index (χ0v) is 31.1. The molecule has 2 heterocycles. The molecular formula is C41H56N3O8-. The summed E-state index contributed by atoms with van der Waals surface area (Å²) in [5.41, 5.74) is 9.38. The second-order valence-electron chi connectivity index (χ2n) is 15.4. The molecule has 2 aliphatic rings. The van der Waals surface area contributed by atoms with Crippen LogP contribution in [-0.2, 0) is 31.9 Å². The number of phenolic OH excluding ortho intramolecular Hbond substituents is 1. The Balaban J connectivity index is 1.42. The van der Waals surface area contributed by atoms with Crippen molar-refractivity contribution in [3.63, 3.8) is 0 Å². The number of carbonyl (C=O) groups is 2. The number of nitrogens with two attached hydrogens (primary N) is 1. The molecule has 11 nitrogen and oxygen atoms in total. The summed E-state index contributed by atoms with van der Waals surface area (Å²) in [6, 6.07) is 10.9. The van der Waals surface area contributed by atoms with E-state index >= 15 is 0 Å². The highest BCUT2D eigenvalue weighted by Crippen LogP contribution is 2.51. The number of aliphatic hydroxyl groups excluding tert-OH is 2. The van der Waals surface area contributed by atoms with E-state index in [-0.39, 0.29) is 36.5 Å². The summed E-state index contributed by atoms with van der Waals surface area (Å²) in [7, 11) is 1.48. The van der Waals surface area contributed by atoms with E-state index in [4.69, 9.17) is 19.9 Å². The van der Waals surface area contributed by atoms with Crippen molar-refractivity contribution in [3.05, 3.63) is 60.0 Å². The Hall–Kier alpha value is -4.09. The first-order valence-corrected chi connectivity index (χ1v) is 18.7. The lowest BCUT2D eigenvalue weighted by atomic mass is 9.57. The standard InChI is InChI=1S/C41H56N3O8/c1-23(2)34-16-29(15-32-7-6-11-43-32)36-17-28(34)13-30(14-31(22-45)41(36)49)38(52-25(4)47)20-33(51-24(3)46)9-8-26-18-39(50-5)37(48)21-35(26)27-10-12-44-40(42)19-27/h6-7,10-12,18-19,21,23,28-31,33-34,36,38,41,45,48-49H,8-9,13-17,20,22H2,1-5H3,(H2,42,44)/q-1/t28-,29+,30+,31-,33-,34+,36+,38-,41+/m1/s1. The third kappa shape index (κ3) is 9.66. The van der Waals surface area contributed by atoms with Crippen LogP contribution in [0.25, 0.3) is 11.1 Å². The number of carbonyl (C=O) groups excluding carboxylic acids is 2. The molecule has 52 heavy (non-hydrogen) atoms. The lowest BCUT2D eigenvalue weighted by Crippen LogP contribution is -2.48. The van der Waals surface area contributed by atoms with Crippen molar-refractivity contribution in [2.75, 3.05) is 19.5 Å². The molecule has 0 spiro atoms. The number of aryl methyl sites for hydroxylation is 1. The third-order valence-electron chi connectivity index (χ3n) is 11.6. The summed E-state index contributed by atoms with van der Waals surface area (Å²) in [4.78, 5) is 33.8. The quantitative estimate of drug-likeness (QED) is 0.150. The molecule has 0 amide bonds. The number of ether oxygens (including phenoxy) is 3. The molecule has 0 unspecified atom stereocenters. The van der Waals surface area contributed by atoms with E-state index in [0.29, 0.717) is 48.6 Å². The van der Waals surface area contributed by atoms with Gasteiger partial charge in [0, 0.05) is 39.0 Å². The SMILES string of the molecule is COc1cc(CC[C@H](C[C@@H](OC(C)=O)[C@@H]2C[C@H](CO)[C@H](O)[C@H]3C[C@@H](C2)[C@H](C(C)C)C[C@@H]3Cc2ccc[n-]2)OC(C)=O)c(-c2ccnc(N)c2)cc1O. The first-order valence-electron chi connectivity index (χ1n) is 18.7. The maximum atomic E-state index is 12.7. The Morgan fingerprint density at radius 1 is 1.04 bits per heavy atom. The fourth-order valence-electron chi connectivity index (χ4n) is 9.20. The van der Waals surface area contributed by atoms with Crippen LogP contribution in [0.2, 0.25) is 0 Å². The van der Waals surface area contributed by atoms with E-state index in [1.165, 1.54) is 21.0 Å². The number of phenols is 1. The molecule has 3 aromatic rings. The number of pyridine rings is 1. The number of fused-ring (bicyclic) bond motifs is 2. The number of methoxy groups -OCH3 is 1. The van der Waals surface area contributed by atoms with Gasteiger partial charge < -0.3 is 40.2 Å². The highest BCUT2D eigenvalue weighted by Gasteiger charge is 2.47. The molecular weight excluding hydrogens is 662 g/mol. The average molecular weight is 719 g/mol. The molecule has 2 aromatic heterocycles. The minimum atomic E-state index is -0.712. The van der Waals surface area contributed by atoms with Crippen LogP contribution in [-0.4, -0.2) is 64.3 Å². The first-order chi connectivity index (χ1) is 24.9. The van der Waals surface area contributed by atoms with Gasteiger partial charge in [-0.05, 0) is 121 Å². The van der Waals surface area contributed by atoms with Crippen molar-refractivity contribution in [3.8, 4) is 22.6 Å². The number of benzene rings is 1. The zero-order valence-electron chi connectivity index (χ0n) is 31.1. The smallest absolute Gasteiger partial charge is 0.302 e. The van der Waals surface area contributed by atoms with E-state index in [1.54, 1.807) is 24.4 Å². The Morgan fingerprint density at radius 3 is 2.44 bits per heavy atom. The lowest BCUT2D eigenvalue weighted by Gasteiger charge is -2.50. The first kappa shape index (κ1) is 39.1. The van der Waals surface area contributed by atoms with E-state index in [9.17, 15) is 24.9 Å². The molecule has 2 saturated carbocycles. The topological polar surface area (TPSA) is 176 Å². The predicted octanol–water partition coefficient (Wildman–Crippen LogP) is 5.73. The van der Waals surface area contributed by atoms with Gasteiger partial charge in [-0.25, -0.2) is 4.98 Å². The summed E-state index contributed by atoms with van der Waals surface area (Å²) in [6.07, 6.45) is 6.43. The minimum Gasteiger partial charge on any atom is -0.668 e. The molecule has 2 aliphatic carbocycles. The largest absolute Gasteiger partial charge is 0.668 e. The highest BCUT2D eigenvalue weighted by molar-refractivity contribution is 5.72. The summed E-state index contributed by atoms with van der Waals surface area (Å²) >= 11 is 0. The molecule has 1 aromatic carbocycles. The molecule has 5 rings (SSSR count). The highest BCUT2D eigenvalue weighted by atomic mass is 16.6. The number of aliphatic hydroxyl groups is 2. The number of aromatic nitrogens is 2. The number of hydrogen-bond donors (Lipinski definition) is 4. The number of aromatic hydroxyl groups is 1. The second-order valence-corrected chi connectivity index (χ2v) is 15.4. The number of nitrogen functional groups attached to an aromatic ring is 1. The fourth-order valence-corrected chi connectivity index (χ4v) is 9.20. The maximum Gasteiger partial charge on any atom is 0.302 e. The Kier molecular flexibility index (Phi) is 13.3. The maximum absolute atomic E-state index is 12.7. The van der Waals surface area contributed by atoms with Gasteiger partial charge in [-0.1, -0.05) is 26.0 Å². The third-order valence-corrected chi connectivity index (χ3v) is 11.6. The molecule has 9 atom stereocenters. The van der Waals surface area contributed by atoms with Crippen molar-refractivity contribution >= 4 is 17.8 Å². The molecule has 284 valence electrons. The number of hydrogen-bond acceptors (Lipinski definition) is 10. The van der Waals surface area contributed by atoms with Gasteiger partial charge in [0.25, 0.3) is 0 Å². The molecule has 0 aliphatic heterocycles. The second kappa shape index (κ2) is 17.6. The molecule has 0 radical (unpaired) electrons. The number of anilines is 1. The molecule has 0 saturated heterocycles. The Labute approximate surface area is 307 Å². The Morgan fingerprint density at radius 2 is 1.81 bits per heavy atom. The van der Waals surface area contributed by atoms with Crippen molar-refractivity contribution in [1.82, 2.24) is 9.97 Å². The fraction of sp³-hybridized carbons (Fsp3) is 0.585. The zero-order chi connectivity index (χ0) is 37.5. The predicted molar refractivity (Wildman–Crippen MR) is 197 cm³/mol. The van der Waals surface area contributed by atoms with Crippen LogP contribution in [0.1, 0.15) is 77.5 Å². The summed E-state index contributed by atoms with van der Waals surface area (Å²) in [5, 5.41) is 33.2. The van der Waals surface area contributed by atoms with E-state index < -0.39 is 36.2 Å². The minimum absolute atomic E-state index is 0.0217. The number of rotatable bonds is 14. The normalized spacial score (nSPS) is 25.8. The van der Waals surface area contributed by atoms with Crippen molar-refractivity contribution in [2.24, 2.45) is 41.4 Å². The van der Waals surface area contributed by atoms with Crippen LogP contribution in [0.3, 0.4) is 0 Å². The van der Waals surface area contributed by atoms with Gasteiger partial charge in [0.1, 0.15) is 18.0 Å². The number of esters is 2. The summed E-state index contributed by atoms with van der Waals surface area (Å²) < 4.78 is 17.4. The lowest BCUT2D eigenvalue weighted by molar-refractivity contribution is -0.158. The van der Waals surface area contributed by atoms with E-state index in [0.717, 1.165) is 48.1 Å². The van der Waals surface area contributed by atoms with Crippen LogP contribution < -0.4 is 15.5 Å². The van der Waals surface area contributed by atoms with Gasteiger partial charge >= 0.3 is 11.9 Å². The summed E-state index contributed by atoms with van der Waals surface area (Å²) in [5.74, 6) is 0.582. The molecule has 2 fully saturated rings. The van der Waals surface area contributed by atoms with E-state index in [1.807, 2.05) is 24.4 Å². The van der Waals surface area contributed by atoms with Crippen LogP contribution >= 0.6 is 0 Å². The van der Waals surface area contributed by atoms with E-state index in [2.05, 4.69) is 23.8 Å². The van der Waals surface area contributed by atoms with Crippen LogP contribution in [0.4, 0.5) is 5.82 Å². The molecule has 2 bridgehead atoms. The van der Waals surface area contributed by atoms with Crippen LogP contribution in [0.5, 0.6) is 11.5 Å². The van der Waals surface area contributed by atoms with Gasteiger partial charge in [-0.15, -0.1) is 0 Å². The van der Waals surface area contributed by atoms with Gasteiger partial charge in [0.15, 0.2) is 11.5 Å². The van der Waals surface area contributed by atoms with Gasteiger partial charge in [0.2, 0.25) is 0 Å². The summed E-state index contributed by atoms with van der Waals surface area (Å²) in [6.45, 7) is 7.10. The molecule has 5 N–H and O–H groups in total. The average Bonchev–Trinajstić information content (AvgIpc) is 3.61. The monoisotopic (exact) mass is 718 g/mol.